The van der Waals surface area contributed by atoms with Crippen LogP contribution in [0.5, 0.6) is 0 Å². The molecule has 2 atom stereocenters. The Morgan fingerprint density at radius 3 is 2.91 bits per heavy atom. The van der Waals surface area contributed by atoms with E-state index >= 15 is 0 Å². The number of nitrogens with zero attached hydrogens (tertiary/aromatic N) is 2. The molecule has 1 aliphatic rings. The molecule has 2 heterocycles. The first-order valence-electron chi connectivity index (χ1n) is 8.65. The van der Waals surface area contributed by atoms with E-state index in [1.807, 2.05) is 6.26 Å². The van der Waals surface area contributed by atoms with Crippen molar-refractivity contribution < 1.29 is 4.42 Å². The number of fused-ring (bicyclic) bond motifs is 1. The Labute approximate surface area is 139 Å². The third-order valence-electron chi connectivity index (χ3n) is 4.85. The van der Waals surface area contributed by atoms with Gasteiger partial charge in [-0.3, -0.25) is 4.68 Å². The summed E-state index contributed by atoms with van der Waals surface area (Å²) in [5.74, 6) is 1.69. The maximum atomic E-state index is 5.69. The summed E-state index contributed by atoms with van der Waals surface area (Å²) < 4.78 is 7.81. The lowest BCUT2D eigenvalue weighted by atomic mass is 9.74. The maximum absolute atomic E-state index is 5.69. The SMILES string of the molecule is Cc1cc(C)n(C[C@@H](C)CN[C@H]2CC(C)(C)Cc3occc32)n1. The lowest BCUT2D eigenvalue weighted by Gasteiger charge is -2.35. The number of rotatable bonds is 5. The summed E-state index contributed by atoms with van der Waals surface area (Å²) in [6.45, 7) is 13.1. The van der Waals surface area contributed by atoms with Crippen molar-refractivity contribution in [1.29, 1.82) is 0 Å². The first-order valence-corrected chi connectivity index (χ1v) is 8.65. The standard InChI is InChI=1S/C19H29N3O/c1-13(12-22-15(3)8-14(2)21-22)11-20-17-9-19(4,5)10-18-16(17)6-7-23-18/h6-8,13,17,20H,9-12H2,1-5H3/t13-,17-/m0/s1. The van der Waals surface area contributed by atoms with Crippen LogP contribution in [0.2, 0.25) is 0 Å². The number of hydrogen-bond acceptors (Lipinski definition) is 3. The van der Waals surface area contributed by atoms with Gasteiger partial charge in [-0.15, -0.1) is 0 Å². The van der Waals surface area contributed by atoms with E-state index in [4.69, 9.17) is 4.42 Å². The minimum Gasteiger partial charge on any atom is -0.469 e. The van der Waals surface area contributed by atoms with Gasteiger partial charge in [-0.1, -0.05) is 20.8 Å². The third kappa shape index (κ3) is 3.69. The molecule has 3 rings (SSSR count). The van der Waals surface area contributed by atoms with Crippen molar-refractivity contribution in [2.24, 2.45) is 11.3 Å². The van der Waals surface area contributed by atoms with Crippen LogP contribution >= 0.6 is 0 Å². The van der Waals surface area contributed by atoms with Gasteiger partial charge in [0, 0.05) is 36.8 Å². The van der Waals surface area contributed by atoms with Crippen LogP contribution < -0.4 is 5.32 Å². The lowest BCUT2D eigenvalue weighted by molar-refractivity contribution is 0.229. The molecule has 1 N–H and O–H groups in total. The highest BCUT2D eigenvalue weighted by Gasteiger charge is 2.34. The van der Waals surface area contributed by atoms with E-state index in [1.165, 1.54) is 11.3 Å². The molecular formula is C19H29N3O. The molecule has 0 radical (unpaired) electrons. The highest BCUT2D eigenvalue weighted by atomic mass is 16.3. The lowest BCUT2D eigenvalue weighted by Crippen LogP contribution is -2.35. The Bertz CT molecular complexity index is 668. The molecule has 0 saturated carbocycles. The van der Waals surface area contributed by atoms with Crippen molar-refractivity contribution in [3.8, 4) is 0 Å². The Morgan fingerprint density at radius 2 is 2.22 bits per heavy atom. The molecule has 126 valence electrons. The summed E-state index contributed by atoms with van der Waals surface area (Å²) in [7, 11) is 0. The quantitative estimate of drug-likeness (QED) is 0.906. The molecule has 2 aromatic rings. The van der Waals surface area contributed by atoms with E-state index in [2.05, 4.69) is 61.8 Å². The van der Waals surface area contributed by atoms with Crippen molar-refractivity contribution in [1.82, 2.24) is 15.1 Å². The zero-order valence-electron chi connectivity index (χ0n) is 15.0. The minimum atomic E-state index is 0.293. The Morgan fingerprint density at radius 1 is 1.43 bits per heavy atom. The van der Waals surface area contributed by atoms with Gasteiger partial charge in [0.2, 0.25) is 0 Å². The van der Waals surface area contributed by atoms with Gasteiger partial charge in [-0.25, -0.2) is 0 Å². The average Bonchev–Trinajstić information content (AvgIpc) is 3.01. The number of nitrogens with one attached hydrogen (secondary N) is 1. The van der Waals surface area contributed by atoms with Gasteiger partial charge < -0.3 is 9.73 Å². The van der Waals surface area contributed by atoms with Crippen molar-refractivity contribution >= 4 is 0 Å². The summed E-state index contributed by atoms with van der Waals surface area (Å²) in [4.78, 5) is 0. The molecule has 0 bridgehead atoms. The molecule has 0 fully saturated rings. The highest BCUT2D eigenvalue weighted by molar-refractivity contribution is 5.26. The predicted molar refractivity (Wildman–Crippen MR) is 92.4 cm³/mol. The minimum absolute atomic E-state index is 0.293. The highest BCUT2D eigenvalue weighted by Crippen LogP contribution is 2.41. The van der Waals surface area contributed by atoms with E-state index in [9.17, 15) is 0 Å². The Balaban J connectivity index is 1.61. The molecule has 1 aliphatic carbocycles. The van der Waals surface area contributed by atoms with Gasteiger partial charge in [0.25, 0.3) is 0 Å². The molecule has 0 aromatic carbocycles. The zero-order valence-corrected chi connectivity index (χ0v) is 15.0. The van der Waals surface area contributed by atoms with Crippen LogP contribution in [0.25, 0.3) is 0 Å². The van der Waals surface area contributed by atoms with Crippen molar-refractivity contribution in [3.05, 3.63) is 41.1 Å². The summed E-state index contributed by atoms with van der Waals surface area (Å²) >= 11 is 0. The molecule has 0 unspecified atom stereocenters. The summed E-state index contributed by atoms with van der Waals surface area (Å²) in [6.07, 6.45) is 4.03. The van der Waals surface area contributed by atoms with Crippen LogP contribution in [0.3, 0.4) is 0 Å². The summed E-state index contributed by atoms with van der Waals surface area (Å²) in [5.41, 5.74) is 3.98. The molecule has 4 nitrogen and oxygen atoms in total. The van der Waals surface area contributed by atoms with Crippen LogP contribution in [0.4, 0.5) is 0 Å². The molecule has 23 heavy (non-hydrogen) atoms. The summed E-state index contributed by atoms with van der Waals surface area (Å²) in [5, 5.41) is 8.33. The van der Waals surface area contributed by atoms with Crippen molar-refractivity contribution in [3.63, 3.8) is 0 Å². The average molecular weight is 315 g/mol. The first-order chi connectivity index (χ1) is 10.8. The van der Waals surface area contributed by atoms with Crippen molar-refractivity contribution in [2.45, 2.75) is 60.0 Å². The van der Waals surface area contributed by atoms with Gasteiger partial charge >= 0.3 is 0 Å². The number of furan rings is 1. The molecule has 0 spiro atoms. The molecule has 2 aromatic heterocycles. The van der Waals surface area contributed by atoms with Gasteiger partial charge in [-0.2, -0.15) is 5.10 Å². The smallest absolute Gasteiger partial charge is 0.109 e. The Kier molecular flexibility index (Phi) is 4.37. The molecule has 4 heteroatoms. The molecule has 0 saturated heterocycles. The second kappa shape index (κ2) is 6.16. The fourth-order valence-corrected chi connectivity index (χ4v) is 3.72. The van der Waals surface area contributed by atoms with Crippen LogP contribution in [0.1, 0.15) is 55.9 Å². The number of aromatic nitrogens is 2. The van der Waals surface area contributed by atoms with E-state index < -0.39 is 0 Å². The van der Waals surface area contributed by atoms with Gasteiger partial charge in [0.05, 0.1) is 12.0 Å². The largest absolute Gasteiger partial charge is 0.469 e. The molecule has 0 amide bonds. The van der Waals surface area contributed by atoms with E-state index in [-0.39, 0.29) is 0 Å². The van der Waals surface area contributed by atoms with Crippen LogP contribution in [0.15, 0.2) is 22.8 Å². The molecular weight excluding hydrogens is 286 g/mol. The van der Waals surface area contributed by atoms with Crippen molar-refractivity contribution in [2.75, 3.05) is 6.54 Å². The fraction of sp³-hybridized carbons (Fsp3) is 0.632. The van der Waals surface area contributed by atoms with E-state index in [1.54, 1.807) is 0 Å². The maximum Gasteiger partial charge on any atom is 0.109 e. The number of hydrogen-bond donors (Lipinski definition) is 1. The topological polar surface area (TPSA) is 43.0 Å². The first kappa shape index (κ1) is 16.3. The third-order valence-corrected chi connectivity index (χ3v) is 4.85. The van der Waals surface area contributed by atoms with Gasteiger partial charge in [-0.05, 0) is 43.7 Å². The normalized spacial score (nSPS) is 21.2. The monoisotopic (exact) mass is 315 g/mol. The van der Waals surface area contributed by atoms with Gasteiger partial charge in [0.1, 0.15) is 5.76 Å². The summed E-state index contributed by atoms with van der Waals surface area (Å²) in [6, 6.07) is 4.67. The second-order valence-electron chi connectivity index (χ2n) is 8.02. The zero-order chi connectivity index (χ0) is 16.6. The van der Waals surface area contributed by atoms with Crippen LogP contribution in [-0.2, 0) is 13.0 Å². The fourth-order valence-electron chi connectivity index (χ4n) is 3.72. The predicted octanol–water partition coefficient (Wildman–Crippen LogP) is 4.03. The second-order valence-corrected chi connectivity index (χ2v) is 8.02. The molecule has 0 aliphatic heterocycles. The van der Waals surface area contributed by atoms with Crippen LogP contribution in [0, 0.1) is 25.2 Å². The Hall–Kier alpha value is -1.55. The number of aryl methyl sites for hydroxylation is 2. The van der Waals surface area contributed by atoms with E-state index in [0.717, 1.165) is 37.4 Å². The van der Waals surface area contributed by atoms with Gasteiger partial charge in [0.15, 0.2) is 0 Å². The van der Waals surface area contributed by atoms with Crippen LogP contribution in [-0.4, -0.2) is 16.3 Å². The van der Waals surface area contributed by atoms with E-state index in [0.29, 0.717) is 17.4 Å².